The van der Waals surface area contributed by atoms with Crippen LogP contribution in [0.2, 0.25) is 0 Å². The molecule has 0 saturated carbocycles. The highest BCUT2D eigenvalue weighted by Gasteiger charge is 2.31. The third kappa shape index (κ3) is 6.55. The van der Waals surface area contributed by atoms with E-state index >= 15 is 0 Å². The molecule has 5 rings (SSSR count). The topological polar surface area (TPSA) is 108 Å². The first-order valence-corrected chi connectivity index (χ1v) is 13.7. The number of urea groups is 1. The number of alkyl halides is 3. The summed E-state index contributed by atoms with van der Waals surface area (Å²) in [5.41, 5.74) is 4.90. The fourth-order valence-electron chi connectivity index (χ4n) is 4.51. The Kier molecular flexibility index (Phi) is 8.17. The highest BCUT2D eigenvalue weighted by molar-refractivity contribution is 8.14. The largest absolute Gasteiger partial charge is 0.573 e. The molecule has 42 heavy (non-hydrogen) atoms. The molecule has 1 fully saturated rings. The number of anilines is 1. The number of aromatic nitrogens is 3. The number of hydrogen-bond acceptors (Lipinski definition) is 6. The highest BCUT2D eigenvalue weighted by Crippen LogP contribution is 2.31. The summed E-state index contributed by atoms with van der Waals surface area (Å²) in [6.45, 7) is 4.77. The lowest BCUT2D eigenvalue weighted by atomic mass is 10.1. The van der Waals surface area contributed by atoms with Gasteiger partial charge in [-0.3, -0.25) is 0 Å². The van der Waals surface area contributed by atoms with Crippen LogP contribution < -0.4 is 15.0 Å². The Labute approximate surface area is 243 Å². The van der Waals surface area contributed by atoms with Crippen LogP contribution in [0.15, 0.2) is 78.0 Å². The number of halogens is 3. The number of benzene rings is 3. The van der Waals surface area contributed by atoms with Gasteiger partial charge in [0.25, 0.3) is 0 Å². The molecule has 0 aliphatic carbocycles. The van der Waals surface area contributed by atoms with Crippen molar-refractivity contribution in [3.05, 3.63) is 89.7 Å². The van der Waals surface area contributed by atoms with Crippen molar-refractivity contribution in [3.63, 3.8) is 0 Å². The van der Waals surface area contributed by atoms with E-state index in [0.29, 0.717) is 27.8 Å². The van der Waals surface area contributed by atoms with E-state index < -0.39 is 18.4 Å². The number of rotatable bonds is 6. The average molecular weight is 592 g/mol. The molecule has 2 heterocycles. The molecule has 1 N–H and O–H groups in total. The maximum Gasteiger partial charge on any atom is 0.573 e. The van der Waals surface area contributed by atoms with Crippen molar-refractivity contribution in [2.24, 2.45) is 4.99 Å². The van der Waals surface area contributed by atoms with Gasteiger partial charge in [-0.05, 0) is 54.8 Å². The van der Waals surface area contributed by atoms with Gasteiger partial charge in [-0.15, -0.1) is 18.3 Å². The van der Waals surface area contributed by atoms with Crippen LogP contribution in [0.4, 0.5) is 23.7 Å². The van der Waals surface area contributed by atoms with Crippen molar-refractivity contribution in [2.45, 2.75) is 26.3 Å². The van der Waals surface area contributed by atoms with Crippen LogP contribution in [0, 0.1) is 25.2 Å². The van der Waals surface area contributed by atoms with Gasteiger partial charge in [-0.25, -0.2) is 14.5 Å². The maximum atomic E-state index is 12.8. The van der Waals surface area contributed by atoms with Crippen molar-refractivity contribution in [1.82, 2.24) is 20.1 Å². The molecule has 9 nitrogen and oxygen atoms in total. The number of hydrogen-bond donors (Lipinski definition) is 1. The van der Waals surface area contributed by atoms with Gasteiger partial charge in [0.05, 0.1) is 11.8 Å². The van der Waals surface area contributed by atoms with Gasteiger partial charge in [0.1, 0.15) is 18.1 Å². The molecule has 1 atom stereocenters. The third-order valence-electron chi connectivity index (χ3n) is 6.41. The minimum Gasteiger partial charge on any atom is -0.406 e. The molecule has 1 aliphatic heterocycles. The number of thioether (sulfide) groups is 1. The number of aliphatic imine (C=N–C) groups is 1. The molecule has 4 aromatic rings. The maximum absolute atomic E-state index is 12.8. The second-order valence-corrected chi connectivity index (χ2v) is 10.4. The summed E-state index contributed by atoms with van der Waals surface area (Å²) in [5.74, 6) is 0.823. The molecule has 2 amide bonds. The molecular formula is C29H24F3N7O2S. The SMILES string of the molecule is Cc1cccc(C)c1N1CCSC1=NC(=O)NC(C#N)c1ccc(-c2ncn(-c3ccc(OC(F)(F)F)cc3)n2)cc1. The lowest BCUT2D eigenvalue weighted by Gasteiger charge is -2.22. The van der Waals surface area contributed by atoms with Crippen LogP contribution in [0.1, 0.15) is 22.7 Å². The Morgan fingerprint density at radius 3 is 2.43 bits per heavy atom. The van der Waals surface area contributed by atoms with Gasteiger partial charge < -0.3 is 15.0 Å². The van der Waals surface area contributed by atoms with Crippen LogP contribution in [-0.2, 0) is 0 Å². The molecule has 0 spiro atoms. The van der Waals surface area contributed by atoms with E-state index in [-0.39, 0.29) is 5.75 Å². The van der Waals surface area contributed by atoms with Crippen molar-refractivity contribution < 1.29 is 22.7 Å². The van der Waals surface area contributed by atoms with Gasteiger partial charge >= 0.3 is 12.4 Å². The molecular weight excluding hydrogens is 567 g/mol. The summed E-state index contributed by atoms with van der Waals surface area (Å²) in [7, 11) is 0. The Morgan fingerprint density at radius 1 is 1.10 bits per heavy atom. The summed E-state index contributed by atoms with van der Waals surface area (Å²) in [6, 6.07) is 18.6. The molecule has 214 valence electrons. The Bertz CT molecular complexity index is 1640. The van der Waals surface area contributed by atoms with Crippen molar-refractivity contribution >= 4 is 28.6 Å². The first-order chi connectivity index (χ1) is 20.1. The number of aryl methyl sites for hydroxylation is 2. The predicted octanol–water partition coefficient (Wildman–Crippen LogP) is 6.33. The van der Waals surface area contributed by atoms with Crippen LogP contribution in [-0.4, -0.2) is 44.6 Å². The highest BCUT2D eigenvalue weighted by atomic mass is 32.2. The lowest BCUT2D eigenvalue weighted by molar-refractivity contribution is -0.274. The van der Waals surface area contributed by atoms with Crippen molar-refractivity contribution in [1.29, 1.82) is 5.26 Å². The number of ether oxygens (including phenoxy) is 1. The molecule has 13 heteroatoms. The van der Waals surface area contributed by atoms with Gasteiger partial charge in [0, 0.05) is 23.5 Å². The van der Waals surface area contributed by atoms with Crippen LogP contribution >= 0.6 is 11.8 Å². The van der Waals surface area contributed by atoms with E-state index in [4.69, 9.17) is 0 Å². The number of nitriles is 1. The van der Waals surface area contributed by atoms with Crippen molar-refractivity contribution in [3.8, 4) is 28.9 Å². The lowest BCUT2D eigenvalue weighted by Crippen LogP contribution is -2.30. The first-order valence-electron chi connectivity index (χ1n) is 12.7. The average Bonchev–Trinajstić information content (AvgIpc) is 3.62. The number of amides is 2. The normalized spacial score (nSPS) is 15.0. The van der Waals surface area contributed by atoms with E-state index in [1.165, 1.54) is 47.0 Å². The summed E-state index contributed by atoms with van der Waals surface area (Å²) in [4.78, 5) is 23.4. The number of para-hydroxylation sites is 1. The molecule has 1 unspecified atom stereocenters. The summed E-state index contributed by atoms with van der Waals surface area (Å²) in [5, 5.41) is 17.4. The summed E-state index contributed by atoms with van der Waals surface area (Å²) in [6.07, 6.45) is -3.34. The second kappa shape index (κ2) is 12.0. The number of nitrogens with zero attached hydrogens (tertiary/aromatic N) is 6. The summed E-state index contributed by atoms with van der Waals surface area (Å²) >= 11 is 1.49. The minimum atomic E-state index is -4.77. The Morgan fingerprint density at radius 2 is 1.79 bits per heavy atom. The van der Waals surface area contributed by atoms with Gasteiger partial charge in [0.15, 0.2) is 11.0 Å². The number of nitrogens with one attached hydrogen (secondary N) is 1. The van der Waals surface area contributed by atoms with E-state index in [1.807, 2.05) is 36.9 Å². The van der Waals surface area contributed by atoms with E-state index in [1.54, 1.807) is 24.3 Å². The molecule has 1 aromatic heterocycles. The zero-order valence-corrected chi connectivity index (χ0v) is 23.3. The Hall–Kier alpha value is -4.83. The van der Waals surface area contributed by atoms with Crippen LogP contribution in [0.25, 0.3) is 17.1 Å². The quantitative estimate of drug-likeness (QED) is 0.279. The van der Waals surface area contributed by atoms with Gasteiger partial charge in [-0.1, -0.05) is 54.2 Å². The molecule has 1 aliphatic rings. The van der Waals surface area contributed by atoms with Gasteiger partial charge in [-0.2, -0.15) is 10.3 Å². The van der Waals surface area contributed by atoms with Crippen LogP contribution in [0.5, 0.6) is 5.75 Å². The first kappa shape index (κ1) is 28.7. The van der Waals surface area contributed by atoms with Crippen molar-refractivity contribution in [2.75, 3.05) is 17.2 Å². The van der Waals surface area contributed by atoms with E-state index in [0.717, 1.165) is 29.1 Å². The van der Waals surface area contributed by atoms with Gasteiger partial charge in [0.2, 0.25) is 0 Å². The standard InChI is InChI=1S/C29H24F3N7O2S/c1-18-4-3-5-19(2)25(18)38-14-15-42-28(38)36-27(40)35-24(16-33)20-6-8-21(9-7-20)26-34-17-39(37-26)22-10-12-23(13-11-22)41-29(30,31)32/h3-13,17,24H,14-15H2,1-2H3,(H,35,40). The fourth-order valence-corrected chi connectivity index (χ4v) is 5.45. The monoisotopic (exact) mass is 591 g/mol. The molecule has 0 radical (unpaired) electrons. The zero-order valence-electron chi connectivity index (χ0n) is 22.5. The smallest absolute Gasteiger partial charge is 0.406 e. The Balaban J connectivity index is 1.26. The molecule has 3 aromatic carbocycles. The zero-order chi connectivity index (χ0) is 29.9. The van der Waals surface area contributed by atoms with Crippen LogP contribution in [0.3, 0.4) is 0 Å². The third-order valence-corrected chi connectivity index (χ3v) is 7.37. The number of carbonyl (C=O) groups is 1. The second-order valence-electron chi connectivity index (χ2n) is 9.32. The minimum absolute atomic E-state index is 0.339. The number of amidine groups is 1. The fraction of sp³-hybridized carbons (Fsp3) is 0.207. The molecule has 0 bridgehead atoms. The van der Waals surface area contributed by atoms with E-state index in [9.17, 15) is 23.2 Å². The summed E-state index contributed by atoms with van der Waals surface area (Å²) < 4.78 is 42.5. The van der Waals surface area contributed by atoms with E-state index in [2.05, 4.69) is 31.2 Å². The number of carbonyl (C=O) groups excluding carboxylic acids is 1. The predicted molar refractivity (Wildman–Crippen MR) is 154 cm³/mol. The molecule has 1 saturated heterocycles.